The Hall–Kier alpha value is -0.180. The van der Waals surface area contributed by atoms with Gasteiger partial charge in [-0.25, -0.2) is 8.78 Å². The molecular weight excluding hydrogens is 124 g/mol. The van der Waals surface area contributed by atoms with Gasteiger partial charge in [-0.05, 0) is 14.0 Å². The van der Waals surface area contributed by atoms with Crippen LogP contribution in [0.25, 0.3) is 0 Å². The van der Waals surface area contributed by atoms with Gasteiger partial charge >= 0.3 is 0 Å². The van der Waals surface area contributed by atoms with E-state index in [9.17, 15) is 8.78 Å². The van der Waals surface area contributed by atoms with Gasteiger partial charge in [-0.15, -0.1) is 0 Å². The number of hydrogen-bond acceptors (Lipinski definition) is 1. The minimum Gasteiger partial charge on any atom is -0.298 e. The van der Waals surface area contributed by atoms with Crippen molar-refractivity contribution < 1.29 is 8.78 Å². The molecule has 1 fully saturated rings. The first kappa shape index (κ1) is 6.93. The van der Waals surface area contributed by atoms with Crippen molar-refractivity contribution in [2.45, 2.75) is 25.3 Å². The molecule has 0 unspecified atom stereocenters. The third-order valence-electron chi connectivity index (χ3n) is 1.83. The van der Waals surface area contributed by atoms with Crippen LogP contribution < -0.4 is 0 Å². The third-order valence-corrected chi connectivity index (χ3v) is 1.83. The highest BCUT2D eigenvalue weighted by Gasteiger charge is 2.40. The van der Waals surface area contributed by atoms with Gasteiger partial charge in [0.1, 0.15) is 0 Å². The van der Waals surface area contributed by atoms with Crippen LogP contribution >= 0.6 is 0 Å². The van der Waals surface area contributed by atoms with Crippen LogP contribution in [0.5, 0.6) is 0 Å². The summed E-state index contributed by atoms with van der Waals surface area (Å²) in [6.45, 7) is 1.75. The second-order valence-electron chi connectivity index (χ2n) is 2.82. The van der Waals surface area contributed by atoms with Crippen molar-refractivity contribution in [2.75, 3.05) is 13.6 Å². The van der Waals surface area contributed by atoms with Crippen LogP contribution in [-0.4, -0.2) is 30.5 Å². The highest BCUT2D eigenvalue weighted by molar-refractivity contribution is 4.85. The molecule has 0 N–H and O–H groups in total. The van der Waals surface area contributed by atoms with Crippen molar-refractivity contribution in [1.82, 2.24) is 4.90 Å². The van der Waals surface area contributed by atoms with Crippen molar-refractivity contribution in [3.63, 3.8) is 0 Å². The summed E-state index contributed by atoms with van der Waals surface area (Å²) >= 11 is 0. The second-order valence-corrected chi connectivity index (χ2v) is 2.82. The Kier molecular flexibility index (Phi) is 1.47. The van der Waals surface area contributed by atoms with Crippen LogP contribution in [0, 0.1) is 0 Å². The molecule has 1 saturated heterocycles. The summed E-state index contributed by atoms with van der Waals surface area (Å²) in [5.74, 6) is -2.44. The summed E-state index contributed by atoms with van der Waals surface area (Å²) in [5.41, 5.74) is 0. The summed E-state index contributed by atoms with van der Waals surface area (Å²) in [4.78, 5) is 1.68. The Morgan fingerprint density at radius 2 is 2.11 bits per heavy atom. The van der Waals surface area contributed by atoms with Crippen molar-refractivity contribution in [3.8, 4) is 0 Å². The van der Waals surface area contributed by atoms with E-state index in [0.29, 0.717) is 0 Å². The van der Waals surface area contributed by atoms with Crippen LogP contribution in [0.2, 0.25) is 0 Å². The van der Waals surface area contributed by atoms with Crippen molar-refractivity contribution in [2.24, 2.45) is 0 Å². The standard InChI is InChI=1S/C6H11F2N/c1-5-3-6(7,8)4-9(5)2/h5H,3-4H2,1-2H3/t5-/m1/s1. The topological polar surface area (TPSA) is 3.24 Å². The lowest BCUT2D eigenvalue weighted by atomic mass is 10.2. The summed E-state index contributed by atoms with van der Waals surface area (Å²) in [7, 11) is 1.73. The van der Waals surface area contributed by atoms with Gasteiger partial charge in [0, 0.05) is 12.5 Å². The summed E-state index contributed by atoms with van der Waals surface area (Å²) in [6.07, 6.45) is 0.0174. The lowest BCUT2D eigenvalue weighted by Crippen LogP contribution is -2.23. The average molecular weight is 135 g/mol. The van der Waals surface area contributed by atoms with Gasteiger partial charge in [0.05, 0.1) is 6.54 Å². The highest BCUT2D eigenvalue weighted by Crippen LogP contribution is 2.29. The molecule has 0 aromatic heterocycles. The minimum atomic E-state index is -2.44. The van der Waals surface area contributed by atoms with Crippen LogP contribution in [-0.2, 0) is 0 Å². The average Bonchev–Trinajstić information content (AvgIpc) is 1.79. The maximum atomic E-state index is 12.4. The summed E-state index contributed by atoms with van der Waals surface area (Å²) in [6, 6.07) is 0.0417. The van der Waals surface area contributed by atoms with E-state index in [-0.39, 0.29) is 19.0 Å². The lowest BCUT2D eigenvalue weighted by molar-refractivity contribution is 0.0141. The first-order chi connectivity index (χ1) is 4.01. The fraction of sp³-hybridized carbons (Fsp3) is 1.00. The van der Waals surface area contributed by atoms with Gasteiger partial charge < -0.3 is 0 Å². The van der Waals surface area contributed by atoms with Crippen molar-refractivity contribution in [3.05, 3.63) is 0 Å². The molecule has 1 aliphatic rings. The van der Waals surface area contributed by atoms with E-state index in [4.69, 9.17) is 0 Å². The molecule has 0 aliphatic carbocycles. The molecule has 1 heterocycles. The molecule has 54 valence electrons. The maximum absolute atomic E-state index is 12.4. The molecule has 3 heteroatoms. The SMILES string of the molecule is C[C@@H]1CC(F)(F)CN1C. The Morgan fingerprint density at radius 3 is 2.22 bits per heavy atom. The zero-order valence-electron chi connectivity index (χ0n) is 5.69. The number of hydrogen-bond donors (Lipinski definition) is 0. The molecule has 0 amide bonds. The van der Waals surface area contributed by atoms with Crippen molar-refractivity contribution in [1.29, 1.82) is 0 Å². The number of rotatable bonds is 0. The predicted octanol–water partition coefficient (Wildman–Crippen LogP) is 1.35. The molecule has 1 rings (SSSR count). The van der Waals surface area contributed by atoms with Gasteiger partial charge in [-0.3, -0.25) is 4.90 Å². The van der Waals surface area contributed by atoms with E-state index in [1.807, 2.05) is 6.92 Å². The first-order valence-corrected chi connectivity index (χ1v) is 3.09. The largest absolute Gasteiger partial charge is 0.298 e. The van der Waals surface area contributed by atoms with Crippen molar-refractivity contribution >= 4 is 0 Å². The van der Waals surface area contributed by atoms with E-state index >= 15 is 0 Å². The van der Waals surface area contributed by atoms with Crippen LogP contribution in [0.1, 0.15) is 13.3 Å². The Labute approximate surface area is 53.6 Å². The molecule has 0 aromatic carbocycles. The molecule has 0 spiro atoms. The Balaban J connectivity index is 2.54. The molecular formula is C6H11F2N. The fourth-order valence-electron chi connectivity index (χ4n) is 1.17. The van der Waals surface area contributed by atoms with E-state index in [1.54, 1.807) is 11.9 Å². The Morgan fingerprint density at radius 1 is 1.56 bits per heavy atom. The van der Waals surface area contributed by atoms with E-state index in [1.165, 1.54) is 0 Å². The molecule has 0 aromatic rings. The first-order valence-electron chi connectivity index (χ1n) is 3.09. The second kappa shape index (κ2) is 1.90. The van der Waals surface area contributed by atoms with Gasteiger partial charge in [-0.1, -0.05) is 0 Å². The maximum Gasteiger partial charge on any atom is 0.262 e. The molecule has 9 heavy (non-hydrogen) atoms. The quantitative estimate of drug-likeness (QED) is 0.484. The summed E-state index contributed by atoms with van der Waals surface area (Å²) < 4.78 is 24.8. The zero-order chi connectivity index (χ0) is 7.07. The molecule has 1 aliphatic heterocycles. The lowest BCUT2D eigenvalue weighted by Gasteiger charge is -2.11. The van der Waals surface area contributed by atoms with E-state index in [0.717, 1.165) is 0 Å². The van der Waals surface area contributed by atoms with Crippen LogP contribution in [0.15, 0.2) is 0 Å². The van der Waals surface area contributed by atoms with Gasteiger partial charge in [0.25, 0.3) is 5.92 Å². The monoisotopic (exact) mass is 135 g/mol. The van der Waals surface area contributed by atoms with E-state index < -0.39 is 5.92 Å². The number of alkyl halides is 2. The Bertz CT molecular complexity index is 102. The van der Waals surface area contributed by atoms with Gasteiger partial charge in [-0.2, -0.15) is 0 Å². The fourth-order valence-corrected chi connectivity index (χ4v) is 1.17. The zero-order valence-corrected chi connectivity index (χ0v) is 5.69. The van der Waals surface area contributed by atoms with E-state index in [2.05, 4.69) is 0 Å². The number of likely N-dealkylation sites (tertiary alicyclic amines) is 1. The van der Waals surface area contributed by atoms with Crippen LogP contribution in [0.3, 0.4) is 0 Å². The molecule has 0 saturated carbocycles. The summed E-state index contributed by atoms with van der Waals surface area (Å²) in [5, 5.41) is 0. The molecule has 1 nitrogen and oxygen atoms in total. The van der Waals surface area contributed by atoms with Gasteiger partial charge in [0.15, 0.2) is 0 Å². The predicted molar refractivity (Wildman–Crippen MR) is 31.7 cm³/mol. The smallest absolute Gasteiger partial charge is 0.262 e. The molecule has 1 atom stereocenters. The third kappa shape index (κ3) is 1.39. The highest BCUT2D eigenvalue weighted by atomic mass is 19.3. The number of nitrogens with zero attached hydrogens (tertiary/aromatic N) is 1. The molecule has 0 radical (unpaired) electrons. The van der Waals surface area contributed by atoms with Gasteiger partial charge in [0.2, 0.25) is 0 Å². The normalized spacial score (nSPS) is 35.3. The number of halogens is 2. The van der Waals surface area contributed by atoms with Crippen LogP contribution in [0.4, 0.5) is 8.78 Å². The molecule has 0 bridgehead atoms. The minimum absolute atomic E-state index is 0.0174.